The number of rotatable bonds is 4. The fourth-order valence-electron chi connectivity index (χ4n) is 1.18. The van der Waals surface area contributed by atoms with Crippen molar-refractivity contribution >= 4 is 0 Å². The Morgan fingerprint density at radius 1 is 1.08 bits per heavy atom. The molecule has 0 unspecified atom stereocenters. The summed E-state index contributed by atoms with van der Waals surface area (Å²) in [5.74, 6) is 1.24. The van der Waals surface area contributed by atoms with Gasteiger partial charge in [0.05, 0.1) is 6.10 Å². The predicted octanol–water partition coefficient (Wildman–Crippen LogP) is 1.76. The normalized spacial score (nSPS) is 9.92. The molecule has 0 spiro atoms. The van der Waals surface area contributed by atoms with Crippen molar-refractivity contribution in [3.63, 3.8) is 0 Å². The Kier molecular flexibility index (Phi) is 12.8. The quantitative estimate of drug-likeness (QED) is 0.716. The fraction of sp³-hybridized carbons (Fsp3) is 1.00. The monoisotopic (exact) mass is 225 g/mol. The van der Waals surface area contributed by atoms with E-state index in [1.807, 2.05) is 0 Å². The second-order valence-corrected chi connectivity index (χ2v) is 4.29. The van der Waals surface area contributed by atoms with Crippen LogP contribution in [0, 0.1) is 11.8 Å². The molecule has 0 saturated carbocycles. The molecule has 0 aliphatic heterocycles. The van der Waals surface area contributed by atoms with Crippen LogP contribution in [0.25, 0.3) is 0 Å². The van der Waals surface area contributed by atoms with Crippen molar-refractivity contribution < 1.29 is 31.6 Å². The van der Waals surface area contributed by atoms with Crippen molar-refractivity contribution in [3.05, 3.63) is 0 Å². The van der Waals surface area contributed by atoms with Crippen molar-refractivity contribution in [1.29, 1.82) is 0 Å². The molecule has 2 N–H and O–H groups in total. The summed E-state index contributed by atoms with van der Waals surface area (Å²) in [6.07, 6.45) is 1.80. The van der Waals surface area contributed by atoms with E-state index in [4.69, 9.17) is 7.01 Å². The van der Waals surface area contributed by atoms with E-state index >= 15 is 0 Å². The van der Waals surface area contributed by atoms with E-state index in [1.54, 1.807) is 0 Å². The molecular weight excluding hydrogens is 204 g/mol. The minimum atomic E-state index is -1.75. The van der Waals surface area contributed by atoms with Gasteiger partial charge in [0.15, 0.2) is 0 Å². The SMILES string of the molecule is CC(C)CC(O)CC(C)C.[O]=[Ti][OH]. The van der Waals surface area contributed by atoms with Gasteiger partial charge in [-0.1, -0.05) is 27.7 Å². The van der Waals surface area contributed by atoms with Gasteiger partial charge < -0.3 is 5.11 Å². The molecule has 0 aromatic heterocycles. The first-order valence-corrected chi connectivity index (χ1v) is 5.96. The molecule has 0 aromatic rings. The third kappa shape index (κ3) is 19.0. The summed E-state index contributed by atoms with van der Waals surface area (Å²) in [6.45, 7) is 8.57. The van der Waals surface area contributed by atoms with E-state index in [0.717, 1.165) is 12.8 Å². The first kappa shape index (κ1) is 15.9. The van der Waals surface area contributed by atoms with Gasteiger partial charge in [-0.15, -0.1) is 0 Å². The van der Waals surface area contributed by atoms with Gasteiger partial charge in [0, 0.05) is 0 Å². The summed E-state index contributed by atoms with van der Waals surface area (Å²) in [5, 5.41) is 9.39. The molecule has 0 fully saturated rings. The predicted molar refractivity (Wildman–Crippen MR) is 47.8 cm³/mol. The summed E-state index contributed by atoms with van der Waals surface area (Å²) >= 11 is -1.75. The molecule has 3 nitrogen and oxygen atoms in total. The van der Waals surface area contributed by atoms with Gasteiger partial charge in [-0.2, -0.15) is 0 Å². The van der Waals surface area contributed by atoms with Crippen LogP contribution in [0.15, 0.2) is 0 Å². The van der Waals surface area contributed by atoms with Crippen molar-refractivity contribution in [3.8, 4) is 0 Å². The van der Waals surface area contributed by atoms with Gasteiger partial charge in [0.25, 0.3) is 0 Å². The van der Waals surface area contributed by atoms with Gasteiger partial charge in [0.1, 0.15) is 0 Å². The maximum absolute atomic E-state index is 9.39. The van der Waals surface area contributed by atoms with Crippen LogP contribution in [0.4, 0.5) is 0 Å². The number of aliphatic hydroxyl groups is 1. The van der Waals surface area contributed by atoms with E-state index in [2.05, 4.69) is 27.7 Å². The van der Waals surface area contributed by atoms with Crippen molar-refractivity contribution in [2.75, 3.05) is 0 Å². The van der Waals surface area contributed by atoms with Crippen molar-refractivity contribution in [2.45, 2.75) is 46.6 Å². The molecule has 0 aromatic carbocycles. The second-order valence-electron chi connectivity index (χ2n) is 4.00. The van der Waals surface area contributed by atoms with Crippen LogP contribution in [0.2, 0.25) is 0 Å². The standard InChI is InChI=1S/C9H20O.H2O.O.Ti/c1-7(2)5-9(10)6-8(3)4;;;/h7-10H,5-6H2,1-4H3;1H2;;/q;;;+1/p-1. The summed E-state index contributed by atoms with van der Waals surface area (Å²) < 4.78 is 15.8. The average molecular weight is 225 g/mol. The molecule has 0 radical (unpaired) electrons. The summed E-state index contributed by atoms with van der Waals surface area (Å²) in [7, 11) is 0. The molecule has 0 atom stereocenters. The summed E-state index contributed by atoms with van der Waals surface area (Å²) in [4.78, 5) is 0. The van der Waals surface area contributed by atoms with Crippen molar-refractivity contribution in [1.82, 2.24) is 0 Å². The topological polar surface area (TPSA) is 57.5 Å². The second kappa shape index (κ2) is 10.5. The molecule has 4 heteroatoms. The molecule has 0 aliphatic carbocycles. The Balaban J connectivity index is 0. The van der Waals surface area contributed by atoms with Crippen molar-refractivity contribution in [2.24, 2.45) is 11.8 Å². The Labute approximate surface area is 90.3 Å². The molecular formula is C9H21O3Ti. The van der Waals surface area contributed by atoms with Crippen LogP contribution in [0.3, 0.4) is 0 Å². The van der Waals surface area contributed by atoms with Gasteiger partial charge in [-0.05, 0) is 24.7 Å². The average Bonchev–Trinajstić information content (AvgIpc) is 1.83. The first-order chi connectivity index (χ1) is 5.93. The number of aliphatic hydroxyl groups excluding tert-OH is 1. The third-order valence-corrected chi connectivity index (χ3v) is 1.49. The molecule has 0 rings (SSSR count). The molecule has 0 bridgehead atoms. The van der Waals surface area contributed by atoms with Crippen LogP contribution >= 0.6 is 0 Å². The van der Waals surface area contributed by atoms with E-state index in [0.29, 0.717) is 11.8 Å². The molecule has 13 heavy (non-hydrogen) atoms. The van der Waals surface area contributed by atoms with Crippen LogP contribution in [0.5, 0.6) is 0 Å². The van der Waals surface area contributed by atoms with Crippen LogP contribution in [-0.2, 0) is 22.8 Å². The third-order valence-electron chi connectivity index (χ3n) is 1.49. The zero-order valence-corrected chi connectivity index (χ0v) is 10.5. The Hall–Kier alpha value is 0.434. The van der Waals surface area contributed by atoms with Gasteiger partial charge in [-0.3, -0.25) is 0 Å². The van der Waals surface area contributed by atoms with Gasteiger partial charge in [0.2, 0.25) is 0 Å². The minimum absolute atomic E-state index is 0.0833. The molecule has 0 heterocycles. The van der Waals surface area contributed by atoms with E-state index in [1.165, 1.54) is 0 Å². The number of hydrogen-bond donors (Lipinski definition) is 2. The van der Waals surface area contributed by atoms with E-state index in [-0.39, 0.29) is 6.10 Å². The van der Waals surface area contributed by atoms with Crippen LogP contribution < -0.4 is 0 Å². The van der Waals surface area contributed by atoms with E-state index < -0.39 is 19.5 Å². The first-order valence-electron chi connectivity index (χ1n) is 4.63. The Bertz CT molecular complexity index is 105. The Morgan fingerprint density at radius 3 is 1.46 bits per heavy atom. The van der Waals surface area contributed by atoms with Gasteiger partial charge >= 0.3 is 26.5 Å². The maximum atomic E-state index is 9.39. The van der Waals surface area contributed by atoms with Crippen LogP contribution in [-0.4, -0.2) is 14.9 Å². The van der Waals surface area contributed by atoms with E-state index in [9.17, 15) is 5.11 Å². The number of hydrogen-bond acceptors (Lipinski definition) is 2. The zero-order chi connectivity index (χ0) is 10.9. The van der Waals surface area contributed by atoms with Gasteiger partial charge in [-0.25, -0.2) is 0 Å². The Morgan fingerprint density at radius 2 is 1.31 bits per heavy atom. The fourth-order valence-corrected chi connectivity index (χ4v) is 1.18. The molecule has 0 aliphatic rings. The summed E-state index contributed by atoms with van der Waals surface area (Å²) in [5.41, 5.74) is 0. The molecule has 79 valence electrons. The molecule has 0 saturated heterocycles. The zero-order valence-electron chi connectivity index (χ0n) is 8.95. The molecule has 0 amide bonds. The van der Waals surface area contributed by atoms with Crippen LogP contribution in [0.1, 0.15) is 40.5 Å². The summed E-state index contributed by atoms with van der Waals surface area (Å²) in [6, 6.07) is 0.